The lowest BCUT2D eigenvalue weighted by atomic mass is 9.92. The van der Waals surface area contributed by atoms with Crippen LogP contribution >= 0.6 is 11.6 Å². The molecule has 0 aromatic heterocycles. The molecule has 1 fully saturated rings. The predicted molar refractivity (Wildman–Crippen MR) is 95.7 cm³/mol. The number of imide groups is 1. The van der Waals surface area contributed by atoms with E-state index >= 15 is 0 Å². The fraction of sp³-hybridized carbons (Fsp3) is 0.211. The van der Waals surface area contributed by atoms with Crippen LogP contribution in [-0.4, -0.2) is 30.0 Å². The third-order valence-electron chi connectivity index (χ3n) is 4.31. The zero-order valence-corrected chi connectivity index (χ0v) is 15.1. The van der Waals surface area contributed by atoms with E-state index in [0.29, 0.717) is 16.9 Å². The average Bonchev–Trinajstić information content (AvgIpc) is 2.85. The van der Waals surface area contributed by atoms with Crippen molar-refractivity contribution in [3.05, 3.63) is 64.4 Å². The number of hydrogen-bond donors (Lipinski definition) is 1. The molecule has 1 heterocycles. The van der Waals surface area contributed by atoms with Gasteiger partial charge >= 0.3 is 6.03 Å². The minimum Gasteiger partial charge on any atom is -0.492 e. The Morgan fingerprint density at radius 2 is 1.96 bits per heavy atom. The number of nitriles is 1. The van der Waals surface area contributed by atoms with Gasteiger partial charge < -0.3 is 10.1 Å². The first kappa shape index (κ1) is 18.7. The molecule has 1 unspecified atom stereocenters. The van der Waals surface area contributed by atoms with Crippen LogP contribution in [0.4, 0.5) is 9.18 Å². The van der Waals surface area contributed by atoms with Crippen molar-refractivity contribution in [3.8, 4) is 11.8 Å². The van der Waals surface area contributed by atoms with Crippen molar-refractivity contribution in [1.29, 1.82) is 5.26 Å². The van der Waals surface area contributed by atoms with E-state index in [1.807, 2.05) is 6.07 Å². The molecule has 1 atom stereocenters. The SMILES string of the molecule is CC1(c2ccc(F)cc2Cl)NC(=O)N(CCOc2ccc(C#N)cc2)C1=O. The number of carbonyl (C=O) groups is 2. The fourth-order valence-electron chi connectivity index (χ4n) is 2.86. The van der Waals surface area contributed by atoms with Crippen molar-refractivity contribution in [2.45, 2.75) is 12.5 Å². The summed E-state index contributed by atoms with van der Waals surface area (Å²) < 4.78 is 18.8. The van der Waals surface area contributed by atoms with Crippen molar-refractivity contribution in [3.63, 3.8) is 0 Å². The molecule has 6 nitrogen and oxygen atoms in total. The van der Waals surface area contributed by atoms with Crippen molar-refractivity contribution >= 4 is 23.5 Å². The Balaban J connectivity index is 1.69. The van der Waals surface area contributed by atoms with E-state index in [4.69, 9.17) is 21.6 Å². The lowest BCUT2D eigenvalue weighted by Gasteiger charge is -2.23. The van der Waals surface area contributed by atoms with Crippen molar-refractivity contribution in [2.75, 3.05) is 13.2 Å². The number of nitrogens with zero attached hydrogens (tertiary/aromatic N) is 2. The monoisotopic (exact) mass is 387 g/mol. The highest BCUT2D eigenvalue weighted by atomic mass is 35.5. The van der Waals surface area contributed by atoms with Crippen LogP contribution in [0.15, 0.2) is 42.5 Å². The number of benzene rings is 2. The second-order valence-electron chi connectivity index (χ2n) is 6.12. The number of carbonyl (C=O) groups excluding carboxylic acids is 2. The summed E-state index contributed by atoms with van der Waals surface area (Å²) in [6.45, 7) is 1.63. The first-order chi connectivity index (χ1) is 12.8. The van der Waals surface area contributed by atoms with E-state index in [1.165, 1.54) is 19.1 Å². The number of halogens is 2. The molecule has 27 heavy (non-hydrogen) atoms. The van der Waals surface area contributed by atoms with Crippen molar-refractivity contribution in [1.82, 2.24) is 10.2 Å². The van der Waals surface area contributed by atoms with Gasteiger partial charge in [0.1, 0.15) is 23.7 Å². The van der Waals surface area contributed by atoms with Crippen LogP contribution in [0.25, 0.3) is 0 Å². The number of nitrogens with one attached hydrogen (secondary N) is 1. The van der Waals surface area contributed by atoms with Gasteiger partial charge in [0.05, 0.1) is 18.2 Å². The second-order valence-corrected chi connectivity index (χ2v) is 6.53. The van der Waals surface area contributed by atoms with E-state index in [1.54, 1.807) is 24.3 Å². The Bertz CT molecular complexity index is 942. The molecule has 0 saturated carbocycles. The summed E-state index contributed by atoms with van der Waals surface area (Å²) in [6.07, 6.45) is 0. The molecule has 1 saturated heterocycles. The Kier molecular flexibility index (Phi) is 5.02. The summed E-state index contributed by atoms with van der Waals surface area (Å²) in [5.41, 5.74) is -0.557. The van der Waals surface area contributed by atoms with E-state index in [2.05, 4.69) is 5.32 Å². The summed E-state index contributed by atoms with van der Waals surface area (Å²) in [7, 11) is 0. The number of amides is 3. The fourth-order valence-corrected chi connectivity index (χ4v) is 3.21. The summed E-state index contributed by atoms with van der Waals surface area (Å²) in [6, 6.07) is 11.6. The molecular formula is C19H15ClFN3O3. The minimum absolute atomic E-state index is 0.0269. The first-order valence-electron chi connectivity index (χ1n) is 8.08. The Morgan fingerprint density at radius 1 is 1.26 bits per heavy atom. The standard InChI is InChI=1S/C19H15ClFN3O3/c1-19(15-7-4-13(21)10-16(15)20)17(25)24(18(26)23-19)8-9-27-14-5-2-12(11-22)3-6-14/h2-7,10H,8-9H2,1H3,(H,23,26). The summed E-state index contributed by atoms with van der Waals surface area (Å²) in [5, 5.41) is 11.4. The maximum atomic E-state index is 13.3. The maximum Gasteiger partial charge on any atom is 0.325 e. The zero-order valence-electron chi connectivity index (χ0n) is 14.3. The molecule has 1 aliphatic heterocycles. The number of ether oxygens (including phenoxy) is 1. The summed E-state index contributed by atoms with van der Waals surface area (Å²) >= 11 is 6.06. The van der Waals surface area contributed by atoms with Gasteiger partial charge in [-0.05, 0) is 43.3 Å². The smallest absolute Gasteiger partial charge is 0.325 e. The second kappa shape index (κ2) is 7.25. The van der Waals surface area contributed by atoms with Crippen LogP contribution in [0.1, 0.15) is 18.1 Å². The normalized spacial score (nSPS) is 19.0. The van der Waals surface area contributed by atoms with Crippen LogP contribution in [0.3, 0.4) is 0 Å². The Labute approximate surface area is 160 Å². The topological polar surface area (TPSA) is 82.4 Å². The number of urea groups is 1. The van der Waals surface area contributed by atoms with Gasteiger partial charge in [-0.2, -0.15) is 5.26 Å². The third-order valence-corrected chi connectivity index (χ3v) is 4.62. The highest BCUT2D eigenvalue weighted by Crippen LogP contribution is 2.33. The molecule has 0 radical (unpaired) electrons. The summed E-state index contributed by atoms with van der Waals surface area (Å²) in [4.78, 5) is 26.1. The average molecular weight is 388 g/mol. The Hall–Kier alpha value is -3.11. The van der Waals surface area contributed by atoms with Crippen LogP contribution in [-0.2, 0) is 10.3 Å². The molecule has 0 aliphatic carbocycles. The summed E-state index contributed by atoms with van der Waals surface area (Å²) in [5.74, 6) is -0.508. The van der Waals surface area contributed by atoms with Gasteiger partial charge in [-0.3, -0.25) is 9.69 Å². The molecule has 3 amide bonds. The van der Waals surface area contributed by atoms with Gasteiger partial charge in [0, 0.05) is 10.6 Å². The van der Waals surface area contributed by atoms with Gasteiger partial charge in [-0.25, -0.2) is 9.18 Å². The third kappa shape index (κ3) is 3.57. The highest BCUT2D eigenvalue weighted by Gasteiger charge is 2.49. The predicted octanol–water partition coefficient (Wildman–Crippen LogP) is 3.20. The maximum absolute atomic E-state index is 13.3. The van der Waals surface area contributed by atoms with Crippen LogP contribution < -0.4 is 10.1 Å². The van der Waals surface area contributed by atoms with Crippen LogP contribution in [0.5, 0.6) is 5.75 Å². The van der Waals surface area contributed by atoms with Crippen molar-refractivity contribution < 1.29 is 18.7 Å². The number of rotatable bonds is 5. The molecular weight excluding hydrogens is 373 g/mol. The molecule has 1 N–H and O–H groups in total. The number of hydrogen-bond acceptors (Lipinski definition) is 4. The van der Waals surface area contributed by atoms with Crippen LogP contribution in [0.2, 0.25) is 5.02 Å². The lowest BCUT2D eigenvalue weighted by molar-refractivity contribution is -0.131. The van der Waals surface area contributed by atoms with Gasteiger partial charge in [-0.1, -0.05) is 17.7 Å². The molecule has 138 valence electrons. The first-order valence-corrected chi connectivity index (χ1v) is 8.45. The lowest BCUT2D eigenvalue weighted by Crippen LogP contribution is -2.41. The van der Waals surface area contributed by atoms with Gasteiger partial charge in [0.15, 0.2) is 0 Å². The van der Waals surface area contributed by atoms with E-state index in [9.17, 15) is 14.0 Å². The molecule has 0 bridgehead atoms. The largest absolute Gasteiger partial charge is 0.492 e. The molecule has 2 aromatic rings. The van der Waals surface area contributed by atoms with Gasteiger partial charge in [-0.15, -0.1) is 0 Å². The van der Waals surface area contributed by atoms with Gasteiger partial charge in [0.25, 0.3) is 5.91 Å². The molecule has 2 aromatic carbocycles. The molecule has 3 rings (SSSR count). The molecule has 0 spiro atoms. The van der Waals surface area contributed by atoms with E-state index in [0.717, 1.165) is 11.0 Å². The minimum atomic E-state index is -1.38. The highest BCUT2D eigenvalue weighted by molar-refractivity contribution is 6.32. The van der Waals surface area contributed by atoms with E-state index < -0.39 is 23.3 Å². The molecule has 8 heteroatoms. The molecule has 1 aliphatic rings. The van der Waals surface area contributed by atoms with E-state index in [-0.39, 0.29) is 18.2 Å². The van der Waals surface area contributed by atoms with Gasteiger partial charge in [0.2, 0.25) is 0 Å². The van der Waals surface area contributed by atoms with Crippen molar-refractivity contribution in [2.24, 2.45) is 0 Å². The quantitative estimate of drug-likeness (QED) is 0.799. The van der Waals surface area contributed by atoms with Crippen LogP contribution in [0, 0.1) is 17.1 Å². The zero-order chi connectivity index (χ0) is 19.6. The Morgan fingerprint density at radius 3 is 2.59 bits per heavy atom.